The van der Waals surface area contributed by atoms with E-state index in [9.17, 15) is 0 Å². The first kappa shape index (κ1) is 33.3. The number of rotatable bonds is 5. The first-order valence-electron chi connectivity index (χ1n) is 17.6. The van der Waals surface area contributed by atoms with Gasteiger partial charge in [0.25, 0.3) is 0 Å². The first-order valence-corrected chi connectivity index (χ1v) is 17.6. The number of aryl methyl sites for hydroxylation is 2. The molecule has 5 nitrogen and oxygen atoms in total. The van der Waals surface area contributed by atoms with E-state index in [0.29, 0.717) is 0 Å². The van der Waals surface area contributed by atoms with Crippen molar-refractivity contribution in [1.82, 2.24) is 19.3 Å². The van der Waals surface area contributed by atoms with Crippen molar-refractivity contribution >= 4 is 21.8 Å². The highest BCUT2D eigenvalue weighted by molar-refractivity contribution is 6.09. The van der Waals surface area contributed by atoms with Crippen LogP contribution in [0.2, 0.25) is 0 Å². The second-order valence-electron chi connectivity index (χ2n) is 16.0. The van der Waals surface area contributed by atoms with Gasteiger partial charge in [-0.15, -0.1) is 0 Å². The van der Waals surface area contributed by atoms with Crippen molar-refractivity contribution in [2.75, 3.05) is 0 Å². The second-order valence-corrected chi connectivity index (χ2v) is 16.0. The maximum atomic E-state index is 6.63. The van der Waals surface area contributed by atoms with E-state index in [1.807, 2.05) is 23.1 Å². The highest BCUT2D eigenvalue weighted by Crippen LogP contribution is 2.45. The smallest absolute Gasteiger partial charge is 0.137 e. The Kier molecular flexibility index (Phi) is 8.01. The molecule has 0 saturated heterocycles. The van der Waals surface area contributed by atoms with Crippen molar-refractivity contribution in [3.8, 4) is 34.1 Å². The van der Waals surface area contributed by atoms with Crippen LogP contribution >= 0.6 is 0 Å². The van der Waals surface area contributed by atoms with Crippen molar-refractivity contribution in [3.63, 3.8) is 0 Å². The van der Waals surface area contributed by atoms with E-state index in [0.717, 1.165) is 50.6 Å². The van der Waals surface area contributed by atoms with Crippen LogP contribution in [0.3, 0.4) is 0 Å². The Balaban J connectivity index is 1.31. The van der Waals surface area contributed by atoms with Gasteiger partial charge in [0.05, 0.1) is 22.9 Å². The van der Waals surface area contributed by atoms with Crippen LogP contribution in [-0.2, 0) is 10.8 Å². The summed E-state index contributed by atoms with van der Waals surface area (Å²) >= 11 is 0. The molecule has 0 atom stereocenters. The summed E-state index contributed by atoms with van der Waals surface area (Å²) in [6.45, 7) is 25.0. The van der Waals surface area contributed by atoms with E-state index >= 15 is 0 Å². The summed E-state index contributed by atoms with van der Waals surface area (Å²) in [5.41, 5.74) is 14.7. The van der Waals surface area contributed by atoms with Crippen molar-refractivity contribution in [3.05, 3.63) is 130 Å². The topological polar surface area (TPSA) is 44.9 Å². The molecular formula is C45H48N4O. The number of pyridine rings is 1. The van der Waals surface area contributed by atoms with E-state index < -0.39 is 0 Å². The summed E-state index contributed by atoms with van der Waals surface area (Å²) in [7, 11) is 0. The lowest BCUT2D eigenvalue weighted by Crippen LogP contribution is -2.23. The molecule has 0 saturated carbocycles. The van der Waals surface area contributed by atoms with Gasteiger partial charge in [-0.1, -0.05) is 59.7 Å². The summed E-state index contributed by atoms with van der Waals surface area (Å²) in [6, 6.07) is 25.3. The minimum absolute atomic E-state index is 0.0352. The molecule has 0 fully saturated rings. The average molecular weight is 661 g/mol. The largest absolute Gasteiger partial charge is 0.457 e. The van der Waals surface area contributed by atoms with Crippen LogP contribution in [-0.4, -0.2) is 19.3 Å². The van der Waals surface area contributed by atoms with Gasteiger partial charge in [0, 0.05) is 40.9 Å². The minimum atomic E-state index is -0.0352. The number of fused-ring (bicyclic) bond motifs is 3. The summed E-state index contributed by atoms with van der Waals surface area (Å²) < 4.78 is 10.8. The molecule has 50 heavy (non-hydrogen) atoms. The van der Waals surface area contributed by atoms with Gasteiger partial charge < -0.3 is 4.74 Å². The lowest BCUT2D eigenvalue weighted by molar-refractivity contribution is 0.482. The van der Waals surface area contributed by atoms with Crippen LogP contribution in [0.15, 0.2) is 91.4 Å². The quantitative estimate of drug-likeness (QED) is 0.185. The summed E-state index contributed by atoms with van der Waals surface area (Å²) in [5, 5.41) is 7.30. The predicted octanol–water partition coefficient (Wildman–Crippen LogP) is 12.0. The molecule has 0 aliphatic heterocycles. The molecule has 0 unspecified atom stereocenters. The van der Waals surface area contributed by atoms with Gasteiger partial charge in [0.15, 0.2) is 0 Å². The lowest BCUT2D eigenvalue weighted by Gasteiger charge is -2.34. The van der Waals surface area contributed by atoms with Gasteiger partial charge in [-0.25, -0.2) is 9.67 Å². The SMILES string of the molecule is Cc1cc(Oc2ccc3c4ccccc4n(-c4cc(C)ccn4)c3c2)cc(-n2cc(-c3c(C(C)(C)C)c(C)c(C)c(C)c3C(C)(C)C)cn2)c1. The molecule has 0 amide bonds. The normalized spacial score (nSPS) is 12.3. The molecule has 0 N–H and O–H groups in total. The number of hydrogen-bond acceptors (Lipinski definition) is 3. The third kappa shape index (κ3) is 5.79. The fraction of sp³-hybridized carbons (Fsp3) is 0.289. The Hall–Kier alpha value is -5.16. The van der Waals surface area contributed by atoms with E-state index in [1.54, 1.807) is 0 Å². The van der Waals surface area contributed by atoms with Gasteiger partial charge in [-0.2, -0.15) is 5.10 Å². The molecule has 5 heteroatoms. The highest BCUT2D eigenvalue weighted by Gasteiger charge is 2.31. The molecule has 0 aliphatic rings. The van der Waals surface area contributed by atoms with E-state index in [4.69, 9.17) is 14.8 Å². The van der Waals surface area contributed by atoms with Gasteiger partial charge >= 0.3 is 0 Å². The standard InChI is InChI=1S/C45H48N4O/c1-27-18-19-46-40(22-27)49-38-15-13-12-14-36(38)37-17-16-34(24-39(37)49)50-35-21-28(2)20-33(23-35)48-26-32(25-47-48)41-42(44(6,7)8)30(4)29(3)31(5)43(41)45(9,10)11/h12-26H,1-11H3. The van der Waals surface area contributed by atoms with Crippen molar-refractivity contribution in [2.24, 2.45) is 0 Å². The zero-order chi connectivity index (χ0) is 35.7. The van der Waals surface area contributed by atoms with Crippen LogP contribution in [0.4, 0.5) is 0 Å². The highest BCUT2D eigenvalue weighted by atomic mass is 16.5. The zero-order valence-corrected chi connectivity index (χ0v) is 31.4. The Morgan fingerprint density at radius 2 is 1.30 bits per heavy atom. The fourth-order valence-electron chi connectivity index (χ4n) is 7.87. The van der Waals surface area contributed by atoms with Crippen LogP contribution in [0, 0.1) is 34.6 Å². The summed E-state index contributed by atoms with van der Waals surface area (Å²) in [4.78, 5) is 4.74. The molecular weight excluding hydrogens is 613 g/mol. The fourth-order valence-corrected chi connectivity index (χ4v) is 7.87. The molecule has 0 radical (unpaired) electrons. The lowest BCUT2D eigenvalue weighted by atomic mass is 9.70. The Morgan fingerprint density at radius 3 is 1.98 bits per heavy atom. The Labute approximate surface area is 296 Å². The maximum absolute atomic E-state index is 6.63. The number of aromatic nitrogens is 4. The number of nitrogens with zero attached hydrogens (tertiary/aromatic N) is 4. The van der Waals surface area contributed by atoms with Gasteiger partial charge in [0.1, 0.15) is 17.3 Å². The van der Waals surface area contributed by atoms with E-state index in [2.05, 4.69) is 154 Å². The van der Waals surface area contributed by atoms with Crippen LogP contribution in [0.1, 0.15) is 80.5 Å². The number of ether oxygens (including phenoxy) is 1. The van der Waals surface area contributed by atoms with E-state index in [1.165, 1.54) is 44.3 Å². The molecule has 0 aliphatic carbocycles. The maximum Gasteiger partial charge on any atom is 0.137 e. The average Bonchev–Trinajstić information content (AvgIpc) is 3.65. The molecule has 3 aromatic heterocycles. The van der Waals surface area contributed by atoms with E-state index in [-0.39, 0.29) is 10.8 Å². The van der Waals surface area contributed by atoms with Gasteiger partial charge in [0.2, 0.25) is 0 Å². The van der Waals surface area contributed by atoms with Crippen molar-refractivity contribution < 1.29 is 4.74 Å². The molecule has 7 rings (SSSR count). The Bertz CT molecular complexity index is 2390. The first-order chi connectivity index (χ1) is 23.6. The monoisotopic (exact) mass is 660 g/mol. The number of benzene rings is 4. The van der Waals surface area contributed by atoms with Gasteiger partial charge in [-0.05, 0) is 132 Å². The number of hydrogen-bond donors (Lipinski definition) is 0. The molecule has 7 aromatic rings. The van der Waals surface area contributed by atoms with Crippen LogP contribution in [0.5, 0.6) is 11.5 Å². The predicted molar refractivity (Wildman–Crippen MR) is 209 cm³/mol. The third-order valence-electron chi connectivity index (χ3n) is 10.1. The third-order valence-corrected chi connectivity index (χ3v) is 10.1. The number of para-hydroxylation sites is 1. The second kappa shape index (κ2) is 12.0. The van der Waals surface area contributed by atoms with Crippen molar-refractivity contribution in [1.29, 1.82) is 0 Å². The van der Waals surface area contributed by atoms with Crippen LogP contribution < -0.4 is 4.74 Å². The Morgan fingerprint density at radius 1 is 0.620 bits per heavy atom. The molecule has 3 heterocycles. The minimum Gasteiger partial charge on any atom is -0.457 e. The molecule has 0 bridgehead atoms. The summed E-state index contributed by atoms with van der Waals surface area (Å²) in [5.74, 6) is 2.42. The summed E-state index contributed by atoms with van der Waals surface area (Å²) in [6.07, 6.45) is 6.09. The molecule has 4 aromatic carbocycles. The van der Waals surface area contributed by atoms with Crippen molar-refractivity contribution in [2.45, 2.75) is 87.0 Å². The molecule has 0 spiro atoms. The van der Waals surface area contributed by atoms with Gasteiger partial charge in [-0.3, -0.25) is 4.57 Å². The molecule has 254 valence electrons. The van der Waals surface area contributed by atoms with Crippen LogP contribution in [0.25, 0.3) is 44.4 Å². The zero-order valence-electron chi connectivity index (χ0n) is 31.4.